The maximum absolute atomic E-state index is 13.0. The van der Waals surface area contributed by atoms with E-state index in [0.717, 1.165) is 50.4 Å². The van der Waals surface area contributed by atoms with Gasteiger partial charge in [-0.15, -0.1) is 0 Å². The van der Waals surface area contributed by atoms with Gasteiger partial charge in [0.25, 0.3) is 0 Å². The Morgan fingerprint density at radius 1 is 1.08 bits per heavy atom. The summed E-state index contributed by atoms with van der Waals surface area (Å²) in [5, 5.41) is 0. The third-order valence-corrected chi connectivity index (χ3v) is 5.24. The molecule has 0 bridgehead atoms. The van der Waals surface area contributed by atoms with Crippen LogP contribution >= 0.6 is 0 Å². The molecule has 0 N–H and O–H groups in total. The number of hydrogen-bond acceptors (Lipinski definition) is 4. The van der Waals surface area contributed by atoms with Gasteiger partial charge in [0.1, 0.15) is 5.82 Å². The van der Waals surface area contributed by atoms with E-state index < -0.39 is 0 Å². The molecule has 1 aromatic heterocycles. The lowest BCUT2D eigenvalue weighted by atomic mass is 9.95. The number of hydrogen-bond donors (Lipinski definition) is 0. The highest BCUT2D eigenvalue weighted by molar-refractivity contribution is 5.97. The van der Waals surface area contributed by atoms with E-state index in [9.17, 15) is 4.79 Å². The number of para-hydroxylation sites is 1. The summed E-state index contributed by atoms with van der Waals surface area (Å²) >= 11 is 0. The maximum Gasteiger partial charge on any atom is 0.230 e. The second kappa shape index (κ2) is 6.75. The highest BCUT2D eigenvalue weighted by atomic mass is 16.5. The zero-order chi connectivity index (χ0) is 17.2. The number of ether oxygens (including phenoxy) is 1. The molecule has 4 rings (SSSR count). The smallest absolute Gasteiger partial charge is 0.230 e. The lowest BCUT2D eigenvalue weighted by molar-refractivity contribution is -0.122. The van der Waals surface area contributed by atoms with Crippen LogP contribution in [0.1, 0.15) is 18.4 Å². The fourth-order valence-corrected chi connectivity index (χ4v) is 3.84. The van der Waals surface area contributed by atoms with Gasteiger partial charge in [-0.25, -0.2) is 0 Å². The first-order valence-corrected chi connectivity index (χ1v) is 8.91. The van der Waals surface area contributed by atoms with Crippen LogP contribution in [0.15, 0.2) is 42.5 Å². The molecule has 0 unspecified atom stereocenters. The SMILES string of the molecule is COc1cccc(N2CCC(C(=O)N3CCc4ccccc43)CC2)n1. The number of anilines is 2. The van der Waals surface area contributed by atoms with Gasteiger partial charge >= 0.3 is 0 Å². The molecule has 130 valence electrons. The molecule has 0 spiro atoms. The van der Waals surface area contributed by atoms with Crippen molar-refractivity contribution in [1.29, 1.82) is 0 Å². The third-order valence-electron chi connectivity index (χ3n) is 5.24. The number of rotatable bonds is 3. The lowest BCUT2D eigenvalue weighted by Gasteiger charge is -2.34. The fraction of sp³-hybridized carbons (Fsp3) is 0.400. The summed E-state index contributed by atoms with van der Waals surface area (Å²) in [4.78, 5) is 21.7. The van der Waals surface area contributed by atoms with Crippen LogP contribution in [0, 0.1) is 5.92 Å². The highest BCUT2D eigenvalue weighted by Crippen LogP contribution is 2.31. The quantitative estimate of drug-likeness (QED) is 0.864. The molecule has 0 aliphatic carbocycles. The summed E-state index contributed by atoms with van der Waals surface area (Å²) in [6.07, 6.45) is 2.71. The van der Waals surface area contributed by atoms with Gasteiger partial charge in [-0.05, 0) is 37.0 Å². The molecule has 1 aromatic carbocycles. The predicted molar refractivity (Wildman–Crippen MR) is 98.2 cm³/mol. The zero-order valence-corrected chi connectivity index (χ0v) is 14.5. The van der Waals surface area contributed by atoms with Gasteiger partial charge in [-0.3, -0.25) is 4.79 Å². The molecule has 2 aromatic rings. The molecule has 0 atom stereocenters. The van der Waals surface area contributed by atoms with Crippen molar-refractivity contribution in [3.63, 3.8) is 0 Å². The van der Waals surface area contributed by atoms with Crippen LogP contribution in [-0.2, 0) is 11.2 Å². The Bertz CT molecular complexity index is 769. The number of carbonyl (C=O) groups excluding carboxylic acids is 1. The number of fused-ring (bicyclic) bond motifs is 1. The number of carbonyl (C=O) groups is 1. The largest absolute Gasteiger partial charge is 0.481 e. The van der Waals surface area contributed by atoms with E-state index in [-0.39, 0.29) is 11.8 Å². The van der Waals surface area contributed by atoms with Crippen LogP contribution in [0.25, 0.3) is 0 Å². The van der Waals surface area contributed by atoms with E-state index in [1.807, 2.05) is 35.2 Å². The molecular formula is C20H23N3O2. The molecule has 2 aliphatic rings. The molecule has 1 fully saturated rings. The van der Waals surface area contributed by atoms with Gasteiger partial charge in [0.2, 0.25) is 11.8 Å². The monoisotopic (exact) mass is 337 g/mol. The van der Waals surface area contributed by atoms with Crippen molar-refractivity contribution in [2.24, 2.45) is 5.92 Å². The lowest BCUT2D eigenvalue weighted by Crippen LogP contribution is -2.42. The summed E-state index contributed by atoms with van der Waals surface area (Å²) in [5.41, 5.74) is 2.39. The normalized spacial score (nSPS) is 17.5. The molecule has 1 amide bonds. The van der Waals surface area contributed by atoms with E-state index in [1.54, 1.807) is 7.11 Å². The number of aromatic nitrogens is 1. The molecule has 25 heavy (non-hydrogen) atoms. The molecule has 2 aliphatic heterocycles. The van der Waals surface area contributed by atoms with Crippen molar-refractivity contribution in [3.05, 3.63) is 48.0 Å². The second-order valence-electron chi connectivity index (χ2n) is 6.67. The van der Waals surface area contributed by atoms with Crippen molar-refractivity contribution in [1.82, 2.24) is 4.98 Å². The number of piperidine rings is 1. The Balaban J connectivity index is 1.41. The molecule has 0 radical (unpaired) electrons. The number of benzene rings is 1. The van der Waals surface area contributed by atoms with Crippen LogP contribution in [0.5, 0.6) is 5.88 Å². The molecule has 3 heterocycles. The van der Waals surface area contributed by atoms with Crippen molar-refractivity contribution in [2.75, 3.05) is 36.5 Å². The van der Waals surface area contributed by atoms with Crippen molar-refractivity contribution in [2.45, 2.75) is 19.3 Å². The third kappa shape index (κ3) is 3.06. The summed E-state index contributed by atoms with van der Waals surface area (Å²) in [6, 6.07) is 14.1. The van der Waals surface area contributed by atoms with Crippen LogP contribution in [0.3, 0.4) is 0 Å². The fourth-order valence-electron chi connectivity index (χ4n) is 3.84. The Labute approximate surface area is 148 Å². The van der Waals surface area contributed by atoms with Crippen molar-refractivity contribution in [3.8, 4) is 5.88 Å². The second-order valence-corrected chi connectivity index (χ2v) is 6.67. The molecular weight excluding hydrogens is 314 g/mol. The van der Waals surface area contributed by atoms with Gasteiger partial charge in [-0.1, -0.05) is 24.3 Å². The first-order chi connectivity index (χ1) is 12.3. The average molecular weight is 337 g/mol. The van der Waals surface area contributed by atoms with Gasteiger partial charge < -0.3 is 14.5 Å². The van der Waals surface area contributed by atoms with Gasteiger partial charge in [0.05, 0.1) is 7.11 Å². The Hall–Kier alpha value is -2.56. The van der Waals surface area contributed by atoms with Crippen LogP contribution in [0.4, 0.5) is 11.5 Å². The molecule has 1 saturated heterocycles. The van der Waals surface area contributed by atoms with E-state index in [0.29, 0.717) is 5.88 Å². The van der Waals surface area contributed by atoms with E-state index in [4.69, 9.17) is 4.74 Å². The minimum atomic E-state index is 0.105. The Morgan fingerprint density at radius 2 is 1.88 bits per heavy atom. The first kappa shape index (κ1) is 15.9. The minimum absolute atomic E-state index is 0.105. The summed E-state index contributed by atoms with van der Waals surface area (Å²) in [6.45, 7) is 2.52. The molecule has 5 heteroatoms. The number of amides is 1. The molecule has 0 saturated carbocycles. The Kier molecular flexibility index (Phi) is 4.30. The summed E-state index contributed by atoms with van der Waals surface area (Å²) in [7, 11) is 1.63. The standard InChI is InChI=1S/C20H23N3O2/c1-25-19-8-4-7-18(21-19)22-12-9-16(10-13-22)20(24)23-14-11-15-5-2-3-6-17(15)23/h2-8,16H,9-14H2,1H3. The van der Waals surface area contributed by atoms with Crippen molar-refractivity contribution < 1.29 is 9.53 Å². The number of methoxy groups -OCH3 is 1. The zero-order valence-electron chi connectivity index (χ0n) is 14.5. The highest BCUT2D eigenvalue weighted by Gasteiger charge is 2.32. The first-order valence-electron chi connectivity index (χ1n) is 8.91. The Morgan fingerprint density at radius 3 is 2.68 bits per heavy atom. The maximum atomic E-state index is 13.0. The van der Waals surface area contributed by atoms with Gasteiger partial charge in [0, 0.05) is 37.3 Å². The van der Waals surface area contributed by atoms with E-state index in [1.165, 1.54) is 5.56 Å². The summed E-state index contributed by atoms with van der Waals surface area (Å²) < 4.78 is 5.21. The van der Waals surface area contributed by atoms with Crippen LogP contribution < -0.4 is 14.5 Å². The predicted octanol–water partition coefficient (Wildman–Crippen LogP) is 2.90. The van der Waals surface area contributed by atoms with Gasteiger partial charge in [-0.2, -0.15) is 4.98 Å². The number of pyridine rings is 1. The molecule has 5 nitrogen and oxygen atoms in total. The summed E-state index contributed by atoms with van der Waals surface area (Å²) in [5.74, 6) is 1.94. The topological polar surface area (TPSA) is 45.7 Å². The van der Waals surface area contributed by atoms with Crippen molar-refractivity contribution >= 4 is 17.4 Å². The minimum Gasteiger partial charge on any atom is -0.481 e. The number of nitrogens with zero attached hydrogens (tertiary/aromatic N) is 3. The van der Waals surface area contributed by atoms with Gasteiger partial charge in [0.15, 0.2) is 0 Å². The van der Waals surface area contributed by atoms with E-state index in [2.05, 4.69) is 22.0 Å². The van der Waals surface area contributed by atoms with Crippen LogP contribution in [-0.4, -0.2) is 37.6 Å². The van der Waals surface area contributed by atoms with E-state index >= 15 is 0 Å². The van der Waals surface area contributed by atoms with Crippen LogP contribution in [0.2, 0.25) is 0 Å². The average Bonchev–Trinajstić information content (AvgIpc) is 3.12.